The van der Waals surface area contributed by atoms with Crippen molar-refractivity contribution in [2.45, 2.75) is 25.3 Å². The molecule has 4 heteroatoms. The Morgan fingerprint density at radius 2 is 2.24 bits per heavy atom. The molecule has 0 amide bonds. The van der Waals surface area contributed by atoms with Crippen molar-refractivity contribution in [3.8, 4) is 0 Å². The van der Waals surface area contributed by atoms with Gasteiger partial charge in [-0.2, -0.15) is 0 Å². The van der Waals surface area contributed by atoms with Crippen molar-refractivity contribution in [1.82, 2.24) is 5.32 Å². The quantitative estimate of drug-likeness (QED) is 0.898. The normalized spacial score (nSPS) is 19.4. The molecule has 1 unspecified atom stereocenters. The first kappa shape index (κ1) is 12.6. The second-order valence-electron chi connectivity index (χ2n) is 4.59. The molecule has 1 fully saturated rings. The molecule has 1 aromatic rings. The summed E-state index contributed by atoms with van der Waals surface area (Å²) in [4.78, 5) is 11.5. The Kier molecular flexibility index (Phi) is 3.54. The highest BCUT2D eigenvalue weighted by atomic mass is 79.9. The van der Waals surface area contributed by atoms with Crippen molar-refractivity contribution in [3.05, 3.63) is 34.3 Å². The Labute approximate surface area is 109 Å². The molecule has 1 aliphatic carbocycles. The molecule has 1 aliphatic rings. The van der Waals surface area contributed by atoms with E-state index in [1.807, 2.05) is 31.3 Å². The van der Waals surface area contributed by atoms with Crippen molar-refractivity contribution in [2.24, 2.45) is 5.41 Å². The Bertz CT molecular complexity index is 429. The third-order valence-electron chi connectivity index (χ3n) is 3.69. The number of hydrogen-bond donors (Lipinski definition) is 2. The standard InChI is InChI=1S/C13H16BrNO2/c1-15-11(9-4-2-5-10(14)8-9)13(12(16)17)6-3-7-13/h2,4-5,8,11,15H,3,6-7H2,1H3,(H,16,17). The number of halogens is 1. The molecule has 2 N–H and O–H groups in total. The van der Waals surface area contributed by atoms with E-state index in [2.05, 4.69) is 21.2 Å². The molecule has 0 aliphatic heterocycles. The van der Waals surface area contributed by atoms with Crippen LogP contribution >= 0.6 is 15.9 Å². The van der Waals surface area contributed by atoms with Gasteiger partial charge in [-0.1, -0.05) is 34.5 Å². The monoisotopic (exact) mass is 297 g/mol. The van der Waals surface area contributed by atoms with Gasteiger partial charge in [0.1, 0.15) is 0 Å². The van der Waals surface area contributed by atoms with Crippen LogP contribution in [0.4, 0.5) is 0 Å². The summed E-state index contributed by atoms with van der Waals surface area (Å²) in [5, 5.41) is 12.6. The number of carboxylic acid groups (broad SMARTS) is 1. The lowest BCUT2D eigenvalue weighted by molar-refractivity contribution is -0.157. The molecule has 1 atom stereocenters. The molecule has 3 nitrogen and oxygen atoms in total. The highest BCUT2D eigenvalue weighted by Crippen LogP contribution is 2.50. The van der Waals surface area contributed by atoms with Crippen molar-refractivity contribution in [1.29, 1.82) is 0 Å². The predicted molar refractivity (Wildman–Crippen MR) is 69.9 cm³/mol. The van der Waals surface area contributed by atoms with E-state index in [4.69, 9.17) is 0 Å². The fourth-order valence-corrected chi connectivity index (χ4v) is 3.05. The van der Waals surface area contributed by atoms with Crippen molar-refractivity contribution < 1.29 is 9.90 Å². The SMILES string of the molecule is CNC(c1cccc(Br)c1)C1(C(=O)O)CCC1. The molecular weight excluding hydrogens is 282 g/mol. The van der Waals surface area contributed by atoms with Crippen LogP contribution in [0.3, 0.4) is 0 Å². The number of benzene rings is 1. The number of rotatable bonds is 4. The third-order valence-corrected chi connectivity index (χ3v) is 4.19. The average molecular weight is 298 g/mol. The smallest absolute Gasteiger partial charge is 0.311 e. The van der Waals surface area contributed by atoms with E-state index < -0.39 is 11.4 Å². The summed E-state index contributed by atoms with van der Waals surface area (Å²) in [5.74, 6) is -0.692. The van der Waals surface area contributed by atoms with E-state index in [-0.39, 0.29) is 6.04 Å². The topological polar surface area (TPSA) is 49.3 Å². The Balaban J connectivity index is 2.36. The first-order valence-corrected chi connectivity index (χ1v) is 6.55. The molecule has 1 aromatic carbocycles. The summed E-state index contributed by atoms with van der Waals surface area (Å²) < 4.78 is 0.982. The molecule has 0 radical (unpaired) electrons. The first-order valence-electron chi connectivity index (χ1n) is 5.76. The zero-order valence-corrected chi connectivity index (χ0v) is 11.3. The summed E-state index contributed by atoms with van der Waals surface area (Å²) in [5.41, 5.74) is 0.402. The molecule has 0 saturated heterocycles. The Morgan fingerprint density at radius 1 is 1.53 bits per heavy atom. The number of carboxylic acids is 1. The number of aliphatic carboxylic acids is 1. The molecule has 1 saturated carbocycles. The van der Waals surface area contributed by atoms with Gasteiger partial charge in [0, 0.05) is 10.5 Å². The summed E-state index contributed by atoms with van der Waals surface area (Å²) in [6.45, 7) is 0. The molecule has 17 heavy (non-hydrogen) atoms. The predicted octanol–water partition coefficient (Wildman–Crippen LogP) is 2.96. The van der Waals surface area contributed by atoms with E-state index in [0.717, 1.165) is 29.3 Å². The average Bonchev–Trinajstić information content (AvgIpc) is 2.22. The molecule has 0 bridgehead atoms. The number of hydrogen-bond acceptors (Lipinski definition) is 2. The van der Waals surface area contributed by atoms with Crippen molar-refractivity contribution in [3.63, 3.8) is 0 Å². The van der Waals surface area contributed by atoms with Crippen LogP contribution in [0.1, 0.15) is 30.9 Å². The van der Waals surface area contributed by atoms with Crippen LogP contribution in [0.2, 0.25) is 0 Å². The lowest BCUT2D eigenvalue weighted by Crippen LogP contribution is -2.47. The largest absolute Gasteiger partial charge is 0.481 e. The van der Waals surface area contributed by atoms with Gasteiger partial charge in [0.05, 0.1) is 5.41 Å². The summed E-state index contributed by atoms with van der Waals surface area (Å²) in [6, 6.07) is 7.74. The second-order valence-corrected chi connectivity index (χ2v) is 5.51. The fraction of sp³-hybridized carbons (Fsp3) is 0.462. The van der Waals surface area contributed by atoms with Gasteiger partial charge in [0.2, 0.25) is 0 Å². The summed E-state index contributed by atoms with van der Waals surface area (Å²) in [6.07, 6.45) is 2.50. The van der Waals surface area contributed by atoms with Gasteiger partial charge in [-0.15, -0.1) is 0 Å². The first-order chi connectivity index (χ1) is 8.10. The molecular formula is C13H16BrNO2. The third kappa shape index (κ3) is 2.11. The van der Waals surface area contributed by atoms with Crippen LogP contribution in [-0.4, -0.2) is 18.1 Å². The lowest BCUT2D eigenvalue weighted by Gasteiger charge is -2.44. The minimum atomic E-state index is -0.692. The maximum absolute atomic E-state index is 11.5. The van der Waals surface area contributed by atoms with E-state index in [9.17, 15) is 9.90 Å². The van der Waals surface area contributed by atoms with Gasteiger partial charge in [-0.05, 0) is 37.6 Å². The highest BCUT2D eigenvalue weighted by molar-refractivity contribution is 9.10. The molecule has 0 spiro atoms. The molecule has 92 valence electrons. The zero-order chi connectivity index (χ0) is 12.5. The van der Waals surface area contributed by atoms with Crippen molar-refractivity contribution in [2.75, 3.05) is 7.05 Å². The van der Waals surface area contributed by atoms with Crippen LogP contribution < -0.4 is 5.32 Å². The Morgan fingerprint density at radius 3 is 2.65 bits per heavy atom. The van der Waals surface area contributed by atoms with Crippen LogP contribution in [0.25, 0.3) is 0 Å². The van der Waals surface area contributed by atoms with Gasteiger partial charge >= 0.3 is 5.97 Å². The van der Waals surface area contributed by atoms with E-state index in [1.165, 1.54) is 0 Å². The van der Waals surface area contributed by atoms with Crippen LogP contribution in [0.15, 0.2) is 28.7 Å². The number of carbonyl (C=O) groups is 1. The van der Waals surface area contributed by atoms with Crippen LogP contribution in [-0.2, 0) is 4.79 Å². The summed E-state index contributed by atoms with van der Waals surface area (Å²) >= 11 is 3.43. The maximum Gasteiger partial charge on any atom is 0.311 e. The molecule has 0 heterocycles. The zero-order valence-electron chi connectivity index (χ0n) is 9.74. The van der Waals surface area contributed by atoms with Gasteiger partial charge in [0.25, 0.3) is 0 Å². The van der Waals surface area contributed by atoms with E-state index in [0.29, 0.717) is 0 Å². The minimum Gasteiger partial charge on any atom is -0.481 e. The highest BCUT2D eigenvalue weighted by Gasteiger charge is 2.50. The fourth-order valence-electron chi connectivity index (χ4n) is 2.63. The second kappa shape index (κ2) is 4.78. The van der Waals surface area contributed by atoms with Gasteiger partial charge in [0.15, 0.2) is 0 Å². The summed E-state index contributed by atoms with van der Waals surface area (Å²) in [7, 11) is 1.83. The van der Waals surface area contributed by atoms with E-state index in [1.54, 1.807) is 0 Å². The minimum absolute atomic E-state index is 0.119. The van der Waals surface area contributed by atoms with Gasteiger partial charge in [-0.3, -0.25) is 4.79 Å². The lowest BCUT2D eigenvalue weighted by atomic mass is 9.62. The van der Waals surface area contributed by atoms with Gasteiger partial charge in [-0.25, -0.2) is 0 Å². The Hall–Kier alpha value is -0.870. The molecule has 2 rings (SSSR count). The maximum atomic E-state index is 11.5. The van der Waals surface area contributed by atoms with Crippen LogP contribution in [0.5, 0.6) is 0 Å². The van der Waals surface area contributed by atoms with Gasteiger partial charge < -0.3 is 10.4 Å². The van der Waals surface area contributed by atoms with Crippen molar-refractivity contribution >= 4 is 21.9 Å². The van der Waals surface area contributed by atoms with Crippen LogP contribution in [0, 0.1) is 5.41 Å². The number of nitrogens with one attached hydrogen (secondary N) is 1. The molecule has 0 aromatic heterocycles. The van der Waals surface area contributed by atoms with E-state index >= 15 is 0 Å².